The second kappa shape index (κ2) is 7.75. The summed E-state index contributed by atoms with van der Waals surface area (Å²) in [4.78, 5) is 14.7. The summed E-state index contributed by atoms with van der Waals surface area (Å²) in [6.45, 7) is 7.53. The minimum atomic E-state index is -0.304. The summed E-state index contributed by atoms with van der Waals surface area (Å²) in [6, 6.07) is 9.85. The van der Waals surface area contributed by atoms with Crippen LogP contribution in [0.2, 0.25) is 0 Å². The molecule has 0 radical (unpaired) electrons. The van der Waals surface area contributed by atoms with Gasteiger partial charge in [0.15, 0.2) is 0 Å². The first-order chi connectivity index (χ1) is 10.5. The number of hydrogen-bond acceptors (Lipinski definition) is 3. The molecule has 22 heavy (non-hydrogen) atoms. The van der Waals surface area contributed by atoms with Gasteiger partial charge in [-0.25, -0.2) is 0 Å². The summed E-state index contributed by atoms with van der Waals surface area (Å²) in [5, 5.41) is 12.9. The van der Waals surface area contributed by atoms with E-state index in [-0.39, 0.29) is 30.0 Å². The molecule has 1 fully saturated rings. The molecule has 0 saturated carbocycles. The Morgan fingerprint density at radius 3 is 2.59 bits per heavy atom. The van der Waals surface area contributed by atoms with E-state index in [0.29, 0.717) is 0 Å². The van der Waals surface area contributed by atoms with Crippen molar-refractivity contribution in [3.63, 3.8) is 0 Å². The van der Waals surface area contributed by atoms with Gasteiger partial charge >= 0.3 is 0 Å². The molecule has 1 saturated heterocycles. The summed E-state index contributed by atoms with van der Waals surface area (Å²) >= 11 is 0. The summed E-state index contributed by atoms with van der Waals surface area (Å²) in [6.07, 6.45) is 1.78. The zero-order chi connectivity index (χ0) is 16.1. The minimum Gasteiger partial charge on any atom is -0.393 e. The van der Waals surface area contributed by atoms with Crippen molar-refractivity contribution < 1.29 is 9.90 Å². The van der Waals surface area contributed by atoms with E-state index >= 15 is 0 Å². The molecule has 4 nitrogen and oxygen atoms in total. The van der Waals surface area contributed by atoms with E-state index < -0.39 is 0 Å². The number of hydrogen-bond donors (Lipinski definition) is 2. The van der Waals surface area contributed by atoms with Crippen LogP contribution in [0.3, 0.4) is 0 Å². The lowest BCUT2D eigenvalue weighted by Gasteiger charge is -2.37. The second-order valence-corrected chi connectivity index (χ2v) is 6.45. The molecule has 1 aliphatic rings. The third-order valence-electron chi connectivity index (χ3n) is 4.76. The van der Waals surface area contributed by atoms with E-state index in [0.717, 1.165) is 31.5 Å². The maximum Gasteiger partial charge on any atom is 0.237 e. The number of likely N-dealkylation sites (tertiary alicyclic amines) is 1. The lowest BCUT2D eigenvalue weighted by molar-refractivity contribution is -0.127. The van der Waals surface area contributed by atoms with Gasteiger partial charge in [0.1, 0.15) is 0 Å². The molecule has 4 unspecified atom stereocenters. The van der Waals surface area contributed by atoms with Gasteiger partial charge in [0.05, 0.1) is 18.2 Å². The maximum atomic E-state index is 12.5. The molecule has 1 aliphatic heterocycles. The van der Waals surface area contributed by atoms with Crippen molar-refractivity contribution in [3.8, 4) is 0 Å². The predicted molar refractivity (Wildman–Crippen MR) is 88.4 cm³/mol. The van der Waals surface area contributed by atoms with Crippen molar-refractivity contribution in [2.24, 2.45) is 5.92 Å². The van der Waals surface area contributed by atoms with Crippen molar-refractivity contribution in [1.29, 1.82) is 0 Å². The Balaban J connectivity index is 1.91. The van der Waals surface area contributed by atoms with E-state index in [2.05, 4.69) is 10.2 Å². The SMILES string of the molecule is CC(NC(=O)C(C)N1CCCC(C(C)O)C1)c1ccccc1. The summed E-state index contributed by atoms with van der Waals surface area (Å²) in [5.74, 6) is 0.332. The van der Waals surface area contributed by atoms with Gasteiger partial charge in [0.2, 0.25) is 5.91 Å². The lowest BCUT2D eigenvalue weighted by Crippen LogP contribution is -2.50. The Morgan fingerprint density at radius 1 is 1.27 bits per heavy atom. The molecule has 2 N–H and O–H groups in total. The van der Waals surface area contributed by atoms with Crippen LogP contribution in [0.15, 0.2) is 30.3 Å². The Labute approximate surface area is 133 Å². The number of aliphatic hydroxyl groups excluding tert-OH is 1. The van der Waals surface area contributed by atoms with Crippen LogP contribution in [0.1, 0.15) is 45.2 Å². The number of piperidine rings is 1. The maximum absolute atomic E-state index is 12.5. The van der Waals surface area contributed by atoms with Gasteiger partial charge in [-0.1, -0.05) is 30.3 Å². The molecule has 0 aromatic heterocycles. The third-order valence-corrected chi connectivity index (χ3v) is 4.76. The standard InChI is InChI=1S/C18H28N2O2/c1-13(16-8-5-4-6-9-16)19-18(22)14(2)20-11-7-10-17(12-20)15(3)21/h4-6,8-9,13-15,17,21H,7,10-12H2,1-3H3,(H,19,22). The van der Waals surface area contributed by atoms with Crippen LogP contribution in [0.4, 0.5) is 0 Å². The smallest absolute Gasteiger partial charge is 0.237 e. The molecule has 2 rings (SSSR count). The Kier molecular flexibility index (Phi) is 5.98. The summed E-state index contributed by atoms with van der Waals surface area (Å²) in [5.41, 5.74) is 1.11. The van der Waals surface area contributed by atoms with Gasteiger partial charge in [-0.15, -0.1) is 0 Å². The van der Waals surface area contributed by atoms with Crippen LogP contribution in [-0.2, 0) is 4.79 Å². The average molecular weight is 304 g/mol. The van der Waals surface area contributed by atoms with Gasteiger partial charge in [0.25, 0.3) is 0 Å². The second-order valence-electron chi connectivity index (χ2n) is 6.45. The van der Waals surface area contributed by atoms with Crippen LogP contribution in [0, 0.1) is 5.92 Å². The molecule has 4 heteroatoms. The number of carbonyl (C=O) groups excluding carboxylic acids is 1. The third kappa shape index (κ3) is 4.31. The zero-order valence-electron chi connectivity index (χ0n) is 13.8. The number of nitrogens with one attached hydrogen (secondary N) is 1. The van der Waals surface area contributed by atoms with E-state index in [9.17, 15) is 9.90 Å². The van der Waals surface area contributed by atoms with Crippen molar-refractivity contribution in [3.05, 3.63) is 35.9 Å². The number of rotatable bonds is 5. The van der Waals surface area contributed by atoms with E-state index in [1.54, 1.807) is 0 Å². The fourth-order valence-corrected chi connectivity index (χ4v) is 3.11. The average Bonchev–Trinajstić information content (AvgIpc) is 2.54. The molecule has 0 spiro atoms. The van der Waals surface area contributed by atoms with Crippen LogP contribution < -0.4 is 5.32 Å². The molecule has 1 aromatic rings. The predicted octanol–water partition coefficient (Wildman–Crippen LogP) is 2.35. The van der Waals surface area contributed by atoms with Crippen molar-refractivity contribution in [1.82, 2.24) is 10.2 Å². The quantitative estimate of drug-likeness (QED) is 0.878. The summed E-state index contributed by atoms with van der Waals surface area (Å²) in [7, 11) is 0. The van der Waals surface area contributed by atoms with Gasteiger partial charge in [0, 0.05) is 6.54 Å². The molecule has 1 amide bonds. The summed E-state index contributed by atoms with van der Waals surface area (Å²) < 4.78 is 0. The molecule has 1 aromatic carbocycles. The van der Waals surface area contributed by atoms with E-state index in [4.69, 9.17) is 0 Å². The van der Waals surface area contributed by atoms with Gasteiger partial charge in [-0.05, 0) is 51.6 Å². The van der Waals surface area contributed by atoms with Crippen LogP contribution in [0.25, 0.3) is 0 Å². The van der Waals surface area contributed by atoms with Gasteiger partial charge in [-0.2, -0.15) is 0 Å². The topological polar surface area (TPSA) is 52.6 Å². The molecule has 0 aliphatic carbocycles. The Morgan fingerprint density at radius 2 is 1.95 bits per heavy atom. The molecule has 4 atom stereocenters. The van der Waals surface area contributed by atoms with Crippen molar-refractivity contribution >= 4 is 5.91 Å². The molecule has 1 heterocycles. The zero-order valence-corrected chi connectivity index (χ0v) is 13.8. The number of carbonyl (C=O) groups is 1. The highest BCUT2D eigenvalue weighted by Crippen LogP contribution is 2.22. The Bertz CT molecular complexity index is 475. The number of amides is 1. The highest BCUT2D eigenvalue weighted by Gasteiger charge is 2.29. The van der Waals surface area contributed by atoms with Crippen molar-refractivity contribution in [2.45, 2.75) is 51.8 Å². The highest BCUT2D eigenvalue weighted by atomic mass is 16.3. The number of benzene rings is 1. The number of nitrogens with zero attached hydrogens (tertiary/aromatic N) is 1. The van der Waals surface area contributed by atoms with E-state index in [1.165, 1.54) is 0 Å². The lowest BCUT2D eigenvalue weighted by atomic mass is 9.92. The fourth-order valence-electron chi connectivity index (χ4n) is 3.11. The Hall–Kier alpha value is -1.39. The molecule has 122 valence electrons. The monoisotopic (exact) mass is 304 g/mol. The van der Waals surface area contributed by atoms with Gasteiger partial charge < -0.3 is 10.4 Å². The van der Waals surface area contributed by atoms with Gasteiger partial charge in [-0.3, -0.25) is 9.69 Å². The normalized spacial score (nSPS) is 23.5. The van der Waals surface area contributed by atoms with Crippen LogP contribution >= 0.6 is 0 Å². The largest absolute Gasteiger partial charge is 0.393 e. The first-order valence-electron chi connectivity index (χ1n) is 8.26. The van der Waals surface area contributed by atoms with Crippen molar-refractivity contribution in [2.75, 3.05) is 13.1 Å². The first kappa shape index (κ1) is 17.0. The van der Waals surface area contributed by atoms with Crippen LogP contribution in [-0.4, -0.2) is 41.1 Å². The molecular formula is C18H28N2O2. The molecule has 0 bridgehead atoms. The first-order valence-corrected chi connectivity index (χ1v) is 8.26. The fraction of sp³-hybridized carbons (Fsp3) is 0.611. The highest BCUT2D eigenvalue weighted by molar-refractivity contribution is 5.81. The van der Waals surface area contributed by atoms with E-state index in [1.807, 2.05) is 51.1 Å². The molecular weight excluding hydrogens is 276 g/mol. The van der Waals surface area contributed by atoms with Crippen LogP contribution in [0.5, 0.6) is 0 Å². The minimum absolute atomic E-state index is 0.00787. The number of aliphatic hydroxyl groups is 1.